The molecule has 25 heavy (non-hydrogen) atoms. The summed E-state index contributed by atoms with van der Waals surface area (Å²) in [5.74, 6) is -0.380. The number of halogens is 1. The Morgan fingerprint density at radius 1 is 1.44 bits per heavy atom. The van der Waals surface area contributed by atoms with E-state index < -0.39 is 6.04 Å². The van der Waals surface area contributed by atoms with Crippen LogP contribution in [0.15, 0.2) is 35.5 Å². The fourth-order valence-electron chi connectivity index (χ4n) is 3.02. The van der Waals surface area contributed by atoms with Crippen LogP contribution < -0.4 is 5.32 Å². The van der Waals surface area contributed by atoms with Crippen molar-refractivity contribution in [2.75, 3.05) is 20.3 Å². The summed E-state index contributed by atoms with van der Waals surface area (Å²) in [7, 11) is 1.63. The largest absolute Gasteiger partial charge is 0.463 e. The smallest absolute Gasteiger partial charge is 0.338 e. The highest BCUT2D eigenvalue weighted by Gasteiger charge is 2.37. The molecule has 0 amide bonds. The second-order valence-electron chi connectivity index (χ2n) is 5.80. The summed E-state index contributed by atoms with van der Waals surface area (Å²) in [5, 5.41) is 4.33. The van der Waals surface area contributed by atoms with Crippen LogP contribution >= 0.6 is 23.8 Å². The van der Waals surface area contributed by atoms with E-state index in [0.717, 1.165) is 11.3 Å². The van der Waals surface area contributed by atoms with Crippen molar-refractivity contribution >= 4 is 34.9 Å². The molecule has 0 aromatic heterocycles. The van der Waals surface area contributed by atoms with Crippen molar-refractivity contribution in [2.45, 2.75) is 32.9 Å². The van der Waals surface area contributed by atoms with E-state index >= 15 is 0 Å². The van der Waals surface area contributed by atoms with Crippen LogP contribution in [0.3, 0.4) is 0 Å². The normalized spacial score (nSPS) is 18.8. The Labute approximate surface area is 158 Å². The molecule has 0 saturated carbocycles. The van der Waals surface area contributed by atoms with Crippen LogP contribution in [0.2, 0.25) is 5.02 Å². The molecule has 0 fully saturated rings. The Morgan fingerprint density at radius 3 is 2.72 bits per heavy atom. The van der Waals surface area contributed by atoms with Gasteiger partial charge in [-0.15, -0.1) is 0 Å². The van der Waals surface area contributed by atoms with Crippen molar-refractivity contribution in [3.63, 3.8) is 0 Å². The zero-order chi connectivity index (χ0) is 18.6. The molecule has 1 aromatic carbocycles. The molecule has 0 unspecified atom stereocenters. The molecule has 2 rings (SSSR count). The molecule has 0 aliphatic carbocycles. The number of esters is 1. The number of nitrogens with zero attached hydrogens (tertiary/aromatic N) is 1. The number of carbonyl (C=O) groups excluding carboxylic acids is 1. The third kappa shape index (κ3) is 4.14. The van der Waals surface area contributed by atoms with E-state index in [9.17, 15) is 4.79 Å². The summed E-state index contributed by atoms with van der Waals surface area (Å²) in [4.78, 5) is 14.6. The number of hydrogen-bond acceptors (Lipinski definition) is 4. The summed E-state index contributed by atoms with van der Waals surface area (Å²) in [6, 6.07) is 6.92. The van der Waals surface area contributed by atoms with E-state index in [1.807, 2.05) is 36.9 Å². The summed E-state index contributed by atoms with van der Waals surface area (Å²) < 4.78 is 10.5. The molecular weight excluding hydrogens is 360 g/mol. The van der Waals surface area contributed by atoms with Gasteiger partial charge in [0.1, 0.15) is 0 Å². The molecule has 1 aromatic rings. The van der Waals surface area contributed by atoms with Crippen LogP contribution in [0.25, 0.3) is 0 Å². The van der Waals surface area contributed by atoms with Gasteiger partial charge in [0.25, 0.3) is 0 Å². The van der Waals surface area contributed by atoms with Crippen LogP contribution in [0, 0.1) is 0 Å². The molecule has 1 heterocycles. The molecule has 2 atom stereocenters. The minimum absolute atomic E-state index is 0.0263. The first-order chi connectivity index (χ1) is 11.9. The fourth-order valence-corrected chi connectivity index (χ4v) is 3.70. The molecule has 0 bridgehead atoms. The highest BCUT2D eigenvalue weighted by atomic mass is 35.5. The number of thiocarbonyl (C=S) groups is 1. The van der Waals surface area contributed by atoms with Gasteiger partial charge in [-0.05, 0) is 44.6 Å². The van der Waals surface area contributed by atoms with Crippen molar-refractivity contribution < 1.29 is 14.3 Å². The molecule has 136 valence electrons. The average molecular weight is 383 g/mol. The minimum Gasteiger partial charge on any atom is -0.463 e. The molecule has 0 saturated heterocycles. The van der Waals surface area contributed by atoms with Crippen molar-refractivity contribution in [3.05, 3.63) is 46.1 Å². The van der Waals surface area contributed by atoms with Gasteiger partial charge in [0.2, 0.25) is 0 Å². The average Bonchev–Trinajstić information content (AvgIpc) is 2.55. The standard InChI is InChI=1S/C18H23ClN2O3S/c1-5-24-17(22)15-12(3)21(11(2)10-23-4)18(25)20-16(15)13-8-6-7-9-14(13)19/h6-9,11,16H,5,10H2,1-4H3,(H,20,25)/t11-,16+/m0/s1. The van der Waals surface area contributed by atoms with Gasteiger partial charge in [0.15, 0.2) is 5.11 Å². The topological polar surface area (TPSA) is 50.8 Å². The SMILES string of the molecule is CCOC(=O)C1=C(C)N([C@@H](C)COC)C(=S)N[C@@H]1c1ccccc1Cl. The summed E-state index contributed by atoms with van der Waals surface area (Å²) >= 11 is 11.9. The molecule has 1 aliphatic rings. The van der Waals surface area contributed by atoms with Crippen LogP contribution in [0.5, 0.6) is 0 Å². The van der Waals surface area contributed by atoms with E-state index in [1.54, 1.807) is 20.1 Å². The summed E-state index contributed by atoms with van der Waals surface area (Å²) in [5.41, 5.74) is 2.04. The van der Waals surface area contributed by atoms with E-state index in [0.29, 0.717) is 28.9 Å². The number of hydrogen-bond donors (Lipinski definition) is 1. The van der Waals surface area contributed by atoms with Crippen LogP contribution in [-0.4, -0.2) is 42.3 Å². The van der Waals surface area contributed by atoms with E-state index in [-0.39, 0.29) is 12.0 Å². The Morgan fingerprint density at radius 2 is 2.12 bits per heavy atom. The number of methoxy groups -OCH3 is 1. The molecule has 1 aliphatic heterocycles. The fraction of sp³-hybridized carbons (Fsp3) is 0.444. The quantitative estimate of drug-likeness (QED) is 0.600. The third-order valence-corrected chi connectivity index (χ3v) is 4.75. The number of nitrogens with one attached hydrogen (secondary N) is 1. The molecular formula is C18H23ClN2O3S. The first kappa shape index (κ1) is 19.7. The number of carbonyl (C=O) groups is 1. The van der Waals surface area contributed by atoms with E-state index in [2.05, 4.69) is 5.32 Å². The van der Waals surface area contributed by atoms with E-state index in [4.69, 9.17) is 33.3 Å². The highest BCUT2D eigenvalue weighted by Crippen LogP contribution is 2.35. The van der Waals surface area contributed by atoms with Crippen molar-refractivity contribution in [3.8, 4) is 0 Å². The Kier molecular flexibility index (Phi) is 6.81. The third-order valence-electron chi connectivity index (χ3n) is 4.09. The summed E-state index contributed by atoms with van der Waals surface area (Å²) in [6.45, 7) is 6.41. The van der Waals surface area contributed by atoms with Gasteiger partial charge in [-0.2, -0.15) is 0 Å². The lowest BCUT2D eigenvalue weighted by molar-refractivity contribution is -0.139. The van der Waals surface area contributed by atoms with Gasteiger partial charge < -0.3 is 19.7 Å². The van der Waals surface area contributed by atoms with Crippen LogP contribution in [-0.2, 0) is 14.3 Å². The number of benzene rings is 1. The van der Waals surface area contributed by atoms with Gasteiger partial charge in [0, 0.05) is 17.8 Å². The molecule has 0 spiro atoms. The lowest BCUT2D eigenvalue weighted by Gasteiger charge is -2.40. The summed E-state index contributed by atoms with van der Waals surface area (Å²) in [6.07, 6.45) is 0. The maximum Gasteiger partial charge on any atom is 0.338 e. The zero-order valence-electron chi connectivity index (χ0n) is 14.8. The maximum absolute atomic E-state index is 12.7. The van der Waals surface area contributed by atoms with Crippen molar-refractivity contribution in [2.24, 2.45) is 0 Å². The second-order valence-corrected chi connectivity index (χ2v) is 6.59. The van der Waals surface area contributed by atoms with Gasteiger partial charge in [-0.3, -0.25) is 0 Å². The Bertz CT molecular complexity index is 693. The number of allylic oxidation sites excluding steroid dienone is 1. The Balaban J connectivity index is 2.55. The number of rotatable bonds is 6. The first-order valence-corrected chi connectivity index (χ1v) is 8.91. The van der Waals surface area contributed by atoms with Crippen LogP contribution in [0.1, 0.15) is 32.4 Å². The lowest BCUT2D eigenvalue weighted by Crippen LogP contribution is -2.52. The number of ether oxygens (including phenoxy) is 2. The van der Waals surface area contributed by atoms with Crippen LogP contribution in [0.4, 0.5) is 0 Å². The zero-order valence-corrected chi connectivity index (χ0v) is 16.4. The van der Waals surface area contributed by atoms with Gasteiger partial charge >= 0.3 is 5.97 Å². The molecule has 5 nitrogen and oxygen atoms in total. The van der Waals surface area contributed by atoms with E-state index in [1.165, 1.54) is 0 Å². The Hall–Kier alpha value is -1.63. The molecule has 1 N–H and O–H groups in total. The van der Waals surface area contributed by atoms with Gasteiger partial charge in [-0.25, -0.2) is 4.79 Å². The van der Waals surface area contributed by atoms with Gasteiger partial charge in [0.05, 0.1) is 30.9 Å². The predicted octanol–water partition coefficient (Wildman–Crippen LogP) is 3.44. The monoisotopic (exact) mass is 382 g/mol. The molecule has 7 heteroatoms. The predicted molar refractivity (Wildman–Crippen MR) is 102 cm³/mol. The molecule has 0 radical (unpaired) electrons. The van der Waals surface area contributed by atoms with Gasteiger partial charge in [-0.1, -0.05) is 29.8 Å². The minimum atomic E-state index is -0.453. The van der Waals surface area contributed by atoms with Crippen molar-refractivity contribution in [1.82, 2.24) is 10.2 Å². The highest BCUT2D eigenvalue weighted by molar-refractivity contribution is 7.80. The maximum atomic E-state index is 12.7. The second kappa shape index (κ2) is 8.65. The van der Waals surface area contributed by atoms with Crippen molar-refractivity contribution in [1.29, 1.82) is 0 Å². The lowest BCUT2D eigenvalue weighted by atomic mass is 9.94. The first-order valence-electron chi connectivity index (χ1n) is 8.13.